The van der Waals surface area contributed by atoms with E-state index in [9.17, 15) is 0 Å². The number of aliphatic imine (C=N–C) groups is 1. The van der Waals surface area contributed by atoms with Crippen molar-refractivity contribution >= 4 is 16.9 Å². The van der Waals surface area contributed by atoms with Crippen molar-refractivity contribution in [2.24, 2.45) is 12.0 Å². The van der Waals surface area contributed by atoms with Crippen LogP contribution in [0.3, 0.4) is 0 Å². The van der Waals surface area contributed by atoms with E-state index in [0.717, 1.165) is 38.4 Å². The van der Waals surface area contributed by atoms with Crippen LogP contribution in [0, 0.1) is 0 Å². The smallest absolute Gasteiger partial charge is 0.191 e. The highest BCUT2D eigenvalue weighted by Crippen LogP contribution is 2.17. The molecule has 0 atom stereocenters. The van der Waals surface area contributed by atoms with Gasteiger partial charge in [0.15, 0.2) is 5.96 Å². The average Bonchev–Trinajstić information content (AvgIpc) is 3.21. The number of nitrogens with zero attached hydrogens (tertiary/aromatic N) is 3. The van der Waals surface area contributed by atoms with Gasteiger partial charge in [-0.05, 0) is 37.0 Å². The standard InChI is InChI=1S/C19H26N6/c1-3-20-19(21-10-8-15-12-24-25(2)14-15)22-11-9-16-13-23-18-7-5-4-6-17(16)18/h4-7,12-14,23H,3,8-11H2,1-2H3,(H2,20,21,22). The SMILES string of the molecule is CCNC(=NCCc1c[nH]c2ccccc12)NCCc1cnn(C)c1. The van der Waals surface area contributed by atoms with E-state index in [4.69, 9.17) is 4.99 Å². The van der Waals surface area contributed by atoms with Gasteiger partial charge < -0.3 is 15.6 Å². The van der Waals surface area contributed by atoms with E-state index < -0.39 is 0 Å². The second-order valence-corrected chi connectivity index (χ2v) is 6.07. The van der Waals surface area contributed by atoms with Crippen molar-refractivity contribution in [3.63, 3.8) is 0 Å². The summed E-state index contributed by atoms with van der Waals surface area (Å²) in [6.45, 7) is 4.53. The second kappa shape index (κ2) is 8.37. The normalized spacial score (nSPS) is 11.8. The van der Waals surface area contributed by atoms with Gasteiger partial charge in [-0.25, -0.2) is 0 Å². The van der Waals surface area contributed by atoms with Gasteiger partial charge in [-0.1, -0.05) is 18.2 Å². The number of H-pyrrole nitrogens is 1. The van der Waals surface area contributed by atoms with Gasteiger partial charge in [0.25, 0.3) is 0 Å². The van der Waals surface area contributed by atoms with Crippen LogP contribution in [0.4, 0.5) is 0 Å². The Hall–Kier alpha value is -2.76. The first-order valence-electron chi connectivity index (χ1n) is 8.81. The molecule has 1 aromatic carbocycles. The van der Waals surface area contributed by atoms with Gasteiger partial charge in [-0.15, -0.1) is 0 Å². The summed E-state index contributed by atoms with van der Waals surface area (Å²) in [5.74, 6) is 0.867. The summed E-state index contributed by atoms with van der Waals surface area (Å²) in [5, 5.41) is 12.2. The van der Waals surface area contributed by atoms with E-state index >= 15 is 0 Å². The lowest BCUT2D eigenvalue weighted by Crippen LogP contribution is -2.38. The summed E-state index contributed by atoms with van der Waals surface area (Å²) in [6, 6.07) is 8.39. The van der Waals surface area contributed by atoms with Gasteiger partial charge in [-0.3, -0.25) is 9.67 Å². The fourth-order valence-electron chi connectivity index (χ4n) is 2.89. The Balaban J connectivity index is 1.52. The molecular weight excluding hydrogens is 312 g/mol. The molecule has 0 saturated heterocycles. The lowest BCUT2D eigenvalue weighted by molar-refractivity contribution is 0.765. The highest BCUT2D eigenvalue weighted by Gasteiger charge is 2.03. The zero-order valence-corrected chi connectivity index (χ0v) is 14.9. The number of aryl methyl sites for hydroxylation is 1. The molecule has 0 radical (unpaired) electrons. The van der Waals surface area contributed by atoms with Crippen molar-refractivity contribution in [3.8, 4) is 0 Å². The van der Waals surface area contributed by atoms with Crippen molar-refractivity contribution in [2.75, 3.05) is 19.6 Å². The number of rotatable bonds is 7. The Morgan fingerprint density at radius 3 is 2.92 bits per heavy atom. The van der Waals surface area contributed by atoms with Gasteiger partial charge in [0.2, 0.25) is 0 Å². The highest BCUT2D eigenvalue weighted by molar-refractivity contribution is 5.83. The summed E-state index contributed by atoms with van der Waals surface area (Å²) in [7, 11) is 1.94. The molecule has 0 spiro atoms. The molecule has 0 fully saturated rings. The number of hydrogen-bond donors (Lipinski definition) is 3. The number of aromatic nitrogens is 3. The Bertz CT molecular complexity index is 829. The maximum Gasteiger partial charge on any atom is 0.191 e. The first-order valence-corrected chi connectivity index (χ1v) is 8.81. The molecule has 3 N–H and O–H groups in total. The van der Waals surface area contributed by atoms with Crippen LogP contribution in [0.25, 0.3) is 10.9 Å². The van der Waals surface area contributed by atoms with E-state index in [2.05, 4.69) is 58.1 Å². The third-order valence-electron chi connectivity index (χ3n) is 4.13. The van der Waals surface area contributed by atoms with E-state index in [1.54, 1.807) is 0 Å². The van der Waals surface area contributed by atoms with Gasteiger partial charge in [0.05, 0.1) is 6.20 Å². The zero-order chi connectivity index (χ0) is 17.5. The largest absolute Gasteiger partial charge is 0.361 e. The van der Waals surface area contributed by atoms with Gasteiger partial charge in [0.1, 0.15) is 0 Å². The number of benzene rings is 1. The van der Waals surface area contributed by atoms with Crippen molar-refractivity contribution in [3.05, 3.63) is 54.0 Å². The zero-order valence-electron chi connectivity index (χ0n) is 14.9. The van der Waals surface area contributed by atoms with Crippen LogP contribution in [0.2, 0.25) is 0 Å². The van der Waals surface area contributed by atoms with E-state index in [1.807, 2.05) is 24.1 Å². The number of guanidine groups is 1. The minimum atomic E-state index is 0.754. The molecule has 0 bridgehead atoms. The summed E-state index contributed by atoms with van der Waals surface area (Å²) in [5.41, 5.74) is 3.72. The molecule has 2 aromatic heterocycles. The lowest BCUT2D eigenvalue weighted by atomic mass is 10.1. The minimum Gasteiger partial charge on any atom is -0.361 e. The maximum atomic E-state index is 4.69. The number of nitrogens with one attached hydrogen (secondary N) is 3. The molecule has 2 heterocycles. The third-order valence-corrected chi connectivity index (χ3v) is 4.13. The number of aromatic amines is 1. The van der Waals surface area contributed by atoms with Crippen LogP contribution in [0.5, 0.6) is 0 Å². The van der Waals surface area contributed by atoms with E-state index in [-0.39, 0.29) is 0 Å². The van der Waals surface area contributed by atoms with Crippen LogP contribution in [0.1, 0.15) is 18.1 Å². The molecule has 0 unspecified atom stereocenters. The predicted octanol–water partition coefficient (Wildman–Crippen LogP) is 2.24. The van der Waals surface area contributed by atoms with Gasteiger partial charge >= 0.3 is 0 Å². The van der Waals surface area contributed by atoms with E-state index in [1.165, 1.54) is 22.0 Å². The van der Waals surface area contributed by atoms with E-state index in [0.29, 0.717) is 0 Å². The highest BCUT2D eigenvalue weighted by atomic mass is 15.2. The third kappa shape index (κ3) is 4.62. The van der Waals surface area contributed by atoms with Gasteiger partial charge in [0, 0.05) is 50.0 Å². The fourth-order valence-corrected chi connectivity index (χ4v) is 2.89. The fraction of sp³-hybridized carbons (Fsp3) is 0.368. The van der Waals surface area contributed by atoms with Crippen molar-refractivity contribution in [1.29, 1.82) is 0 Å². The quantitative estimate of drug-likeness (QED) is 0.457. The Kier molecular flexibility index (Phi) is 5.72. The summed E-state index contributed by atoms with van der Waals surface area (Å²) < 4.78 is 1.83. The average molecular weight is 338 g/mol. The predicted molar refractivity (Wildman–Crippen MR) is 103 cm³/mol. The number of hydrogen-bond acceptors (Lipinski definition) is 2. The number of fused-ring (bicyclic) bond motifs is 1. The molecule has 0 aliphatic carbocycles. The molecule has 3 aromatic rings. The summed E-state index contributed by atoms with van der Waals surface area (Å²) >= 11 is 0. The molecule has 0 aliphatic rings. The van der Waals surface area contributed by atoms with Crippen molar-refractivity contribution in [1.82, 2.24) is 25.4 Å². The molecule has 0 saturated carbocycles. The first kappa shape index (κ1) is 17.1. The monoisotopic (exact) mass is 338 g/mol. The summed E-state index contributed by atoms with van der Waals surface area (Å²) in [6.07, 6.45) is 7.89. The molecule has 6 heteroatoms. The van der Waals surface area contributed by atoms with Crippen molar-refractivity contribution < 1.29 is 0 Å². The molecule has 25 heavy (non-hydrogen) atoms. The van der Waals surface area contributed by atoms with Gasteiger partial charge in [-0.2, -0.15) is 5.10 Å². The topological polar surface area (TPSA) is 70.0 Å². The summed E-state index contributed by atoms with van der Waals surface area (Å²) in [4.78, 5) is 8.01. The second-order valence-electron chi connectivity index (χ2n) is 6.07. The Labute approximate surface area is 148 Å². The number of para-hydroxylation sites is 1. The molecular formula is C19H26N6. The van der Waals surface area contributed by atoms with Crippen LogP contribution >= 0.6 is 0 Å². The van der Waals surface area contributed by atoms with Crippen LogP contribution in [0.15, 0.2) is 47.8 Å². The Morgan fingerprint density at radius 1 is 1.24 bits per heavy atom. The van der Waals surface area contributed by atoms with Crippen molar-refractivity contribution in [2.45, 2.75) is 19.8 Å². The first-order chi connectivity index (χ1) is 12.3. The van der Waals surface area contributed by atoms with Crippen LogP contribution in [-0.4, -0.2) is 40.4 Å². The molecule has 3 rings (SSSR count). The molecule has 0 aliphatic heterocycles. The molecule has 132 valence electrons. The molecule has 0 amide bonds. The molecule has 6 nitrogen and oxygen atoms in total. The maximum absolute atomic E-state index is 4.69. The lowest BCUT2D eigenvalue weighted by Gasteiger charge is -2.10. The van der Waals surface area contributed by atoms with Crippen LogP contribution < -0.4 is 10.6 Å². The van der Waals surface area contributed by atoms with Crippen LogP contribution in [-0.2, 0) is 19.9 Å². The minimum absolute atomic E-state index is 0.754. The Morgan fingerprint density at radius 2 is 2.12 bits per heavy atom.